The van der Waals surface area contributed by atoms with E-state index in [1.165, 1.54) is 18.4 Å². The molecule has 0 aliphatic carbocycles. The van der Waals surface area contributed by atoms with Crippen molar-refractivity contribution in [3.63, 3.8) is 0 Å². The Morgan fingerprint density at radius 2 is 1.58 bits per heavy atom. The first-order valence-corrected chi connectivity index (χ1v) is 9.91. The van der Waals surface area contributed by atoms with Crippen molar-refractivity contribution in [2.45, 2.75) is 45.3 Å². The van der Waals surface area contributed by atoms with Gasteiger partial charge in [0.2, 0.25) is 15.9 Å². The highest BCUT2D eigenvalue weighted by molar-refractivity contribution is 7.89. The Labute approximate surface area is 146 Å². The van der Waals surface area contributed by atoms with E-state index in [0.717, 1.165) is 11.1 Å². The topological polar surface area (TPSA) is 57.7 Å². The maximum atomic E-state index is 12.6. The number of hydrogen-bond donors (Lipinski definition) is 0. The van der Waals surface area contributed by atoms with Crippen molar-refractivity contribution in [2.75, 3.05) is 27.2 Å². The fraction of sp³-hybridized carbons (Fsp3) is 0.611. The normalized spacial score (nSPS) is 14.5. The molecule has 0 radical (unpaired) electrons. The number of carbonyl (C=O) groups is 1. The SMILES string of the molecule is CCN(CC)C(=O)C[C@H](c1ccc(C)cc1)[C@H](C)S(=O)(=O)N(C)C. The molecule has 136 valence electrons. The third kappa shape index (κ3) is 4.80. The molecule has 1 aromatic carbocycles. The molecule has 0 saturated carbocycles. The largest absolute Gasteiger partial charge is 0.343 e. The first-order valence-electron chi connectivity index (χ1n) is 8.40. The van der Waals surface area contributed by atoms with Crippen LogP contribution < -0.4 is 0 Å². The summed E-state index contributed by atoms with van der Waals surface area (Å²) in [7, 11) is -0.393. The third-order valence-electron chi connectivity index (χ3n) is 4.56. The summed E-state index contributed by atoms with van der Waals surface area (Å²) in [4.78, 5) is 14.3. The van der Waals surface area contributed by atoms with Crippen LogP contribution in [0.4, 0.5) is 0 Å². The third-order valence-corrected chi connectivity index (χ3v) is 6.85. The standard InChI is InChI=1S/C18H30N2O3S/c1-7-20(8-2)18(21)13-17(15(4)24(22,23)19(5)6)16-11-9-14(3)10-12-16/h9-12,15,17H,7-8,13H2,1-6H3/t15-,17-/m0/s1. The number of sulfonamides is 1. The average molecular weight is 355 g/mol. The lowest BCUT2D eigenvalue weighted by atomic mass is 9.91. The van der Waals surface area contributed by atoms with Gasteiger partial charge in [-0.15, -0.1) is 0 Å². The number of amides is 1. The minimum atomic E-state index is -3.46. The highest BCUT2D eigenvalue weighted by atomic mass is 32.2. The van der Waals surface area contributed by atoms with E-state index in [2.05, 4.69) is 0 Å². The van der Waals surface area contributed by atoms with Crippen LogP contribution in [0.1, 0.15) is 44.2 Å². The van der Waals surface area contributed by atoms with Crippen molar-refractivity contribution in [3.8, 4) is 0 Å². The Morgan fingerprint density at radius 1 is 1.08 bits per heavy atom. The predicted octanol–water partition coefficient (Wildman–Crippen LogP) is 2.62. The summed E-state index contributed by atoms with van der Waals surface area (Å²) in [5.74, 6) is -0.377. The fourth-order valence-corrected chi connectivity index (χ4v) is 4.14. The van der Waals surface area contributed by atoms with E-state index >= 15 is 0 Å². The highest BCUT2D eigenvalue weighted by Gasteiger charge is 2.34. The Bertz CT molecular complexity index is 635. The number of hydrogen-bond acceptors (Lipinski definition) is 3. The summed E-state index contributed by atoms with van der Waals surface area (Å²) in [6, 6.07) is 7.77. The van der Waals surface area contributed by atoms with Crippen LogP contribution in [-0.4, -0.2) is 56.0 Å². The van der Waals surface area contributed by atoms with Gasteiger partial charge < -0.3 is 4.90 Å². The molecule has 6 heteroatoms. The van der Waals surface area contributed by atoms with Crippen LogP contribution in [0, 0.1) is 6.92 Å². The molecule has 0 aliphatic heterocycles. The zero-order valence-electron chi connectivity index (χ0n) is 15.6. The minimum absolute atomic E-state index is 0.00798. The van der Waals surface area contributed by atoms with Gasteiger partial charge in [0, 0.05) is 39.5 Å². The van der Waals surface area contributed by atoms with Crippen LogP contribution in [0.3, 0.4) is 0 Å². The van der Waals surface area contributed by atoms with Gasteiger partial charge in [-0.3, -0.25) is 4.79 Å². The monoisotopic (exact) mass is 354 g/mol. The van der Waals surface area contributed by atoms with Crippen molar-refractivity contribution in [1.29, 1.82) is 0 Å². The van der Waals surface area contributed by atoms with Crippen LogP contribution in [0.25, 0.3) is 0 Å². The van der Waals surface area contributed by atoms with E-state index in [0.29, 0.717) is 13.1 Å². The van der Waals surface area contributed by atoms with Crippen molar-refractivity contribution in [1.82, 2.24) is 9.21 Å². The van der Waals surface area contributed by atoms with Gasteiger partial charge in [0.15, 0.2) is 0 Å². The van der Waals surface area contributed by atoms with Crippen LogP contribution in [0.2, 0.25) is 0 Å². The summed E-state index contributed by atoms with van der Waals surface area (Å²) >= 11 is 0. The molecular weight excluding hydrogens is 324 g/mol. The number of carbonyl (C=O) groups excluding carboxylic acids is 1. The lowest BCUT2D eigenvalue weighted by Gasteiger charge is -2.29. The Morgan fingerprint density at radius 3 is 2.00 bits per heavy atom. The maximum absolute atomic E-state index is 12.6. The van der Waals surface area contributed by atoms with E-state index in [9.17, 15) is 13.2 Å². The van der Waals surface area contributed by atoms with Gasteiger partial charge in [0.05, 0.1) is 5.25 Å². The van der Waals surface area contributed by atoms with E-state index in [-0.39, 0.29) is 18.2 Å². The number of benzene rings is 1. The average Bonchev–Trinajstić information content (AvgIpc) is 2.53. The Balaban J connectivity index is 3.22. The second-order valence-electron chi connectivity index (χ2n) is 6.32. The molecule has 0 N–H and O–H groups in total. The van der Waals surface area contributed by atoms with E-state index in [1.54, 1.807) is 11.8 Å². The summed E-state index contributed by atoms with van der Waals surface area (Å²) in [5.41, 5.74) is 2.00. The molecule has 1 rings (SSSR count). The van der Waals surface area contributed by atoms with Crippen molar-refractivity contribution in [3.05, 3.63) is 35.4 Å². The van der Waals surface area contributed by atoms with E-state index in [1.807, 2.05) is 45.0 Å². The molecule has 0 fully saturated rings. The van der Waals surface area contributed by atoms with Gasteiger partial charge in [-0.2, -0.15) is 0 Å². The molecule has 5 nitrogen and oxygen atoms in total. The maximum Gasteiger partial charge on any atom is 0.223 e. The molecule has 0 bridgehead atoms. The lowest BCUT2D eigenvalue weighted by Crippen LogP contribution is -2.38. The summed E-state index contributed by atoms with van der Waals surface area (Å²) in [6.45, 7) is 8.80. The Hall–Kier alpha value is -1.40. The van der Waals surface area contributed by atoms with Gasteiger partial charge in [0.1, 0.15) is 0 Å². The second-order valence-corrected chi connectivity index (χ2v) is 8.82. The van der Waals surface area contributed by atoms with Crippen LogP contribution in [-0.2, 0) is 14.8 Å². The molecule has 0 spiro atoms. The van der Waals surface area contributed by atoms with Crippen molar-refractivity contribution in [2.24, 2.45) is 0 Å². The summed E-state index contributed by atoms with van der Waals surface area (Å²) in [6.07, 6.45) is 0.193. The van der Waals surface area contributed by atoms with Gasteiger partial charge in [0.25, 0.3) is 0 Å². The molecule has 0 aliphatic rings. The number of nitrogens with zero attached hydrogens (tertiary/aromatic N) is 2. The summed E-state index contributed by atoms with van der Waals surface area (Å²) < 4.78 is 26.4. The van der Waals surface area contributed by atoms with Gasteiger partial charge in [-0.1, -0.05) is 29.8 Å². The van der Waals surface area contributed by atoms with Crippen LogP contribution >= 0.6 is 0 Å². The van der Waals surface area contributed by atoms with E-state index < -0.39 is 15.3 Å². The molecule has 1 aromatic rings. The number of rotatable bonds is 8. The van der Waals surface area contributed by atoms with E-state index in [4.69, 9.17) is 0 Å². The molecule has 0 aromatic heterocycles. The molecular formula is C18H30N2O3S. The molecule has 0 saturated heterocycles. The fourth-order valence-electron chi connectivity index (χ4n) is 2.80. The second kappa shape index (κ2) is 8.62. The number of aryl methyl sites for hydroxylation is 1. The van der Waals surface area contributed by atoms with Crippen molar-refractivity contribution >= 4 is 15.9 Å². The lowest BCUT2D eigenvalue weighted by molar-refractivity contribution is -0.131. The van der Waals surface area contributed by atoms with Crippen LogP contribution in [0.15, 0.2) is 24.3 Å². The van der Waals surface area contributed by atoms with Crippen LogP contribution in [0.5, 0.6) is 0 Å². The molecule has 0 heterocycles. The van der Waals surface area contributed by atoms with Gasteiger partial charge >= 0.3 is 0 Å². The smallest absolute Gasteiger partial charge is 0.223 e. The van der Waals surface area contributed by atoms with Crippen molar-refractivity contribution < 1.29 is 13.2 Å². The highest BCUT2D eigenvalue weighted by Crippen LogP contribution is 2.30. The first-order chi connectivity index (χ1) is 11.1. The zero-order chi connectivity index (χ0) is 18.5. The molecule has 24 heavy (non-hydrogen) atoms. The Kier molecular flexibility index (Phi) is 7.42. The molecule has 0 unspecified atom stereocenters. The zero-order valence-corrected chi connectivity index (χ0v) is 16.4. The first kappa shape index (κ1) is 20.6. The predicted molar refractivity (Wildman–Crippen MR) is 98.5 cm³/mol. The van der Waals surface area contributed by atoms with Gasteiger partial charge in [-0.25, -0.2) is 12.7 Å². The molecule has 2 atom stereocenters. The minimum Gasteiger partial charge on any atom is -0.343 e. The quantitative estimate of drug-likeness (QED) is 0.721. The van der Waals surface area contributed by atoms with Gasteiger partial charge in [-0.05, 0) is 33.3 Å². The summed E-state index contributed by atoms with van der Waals surface area (Å²) in [5, 5.41) is -0.672. The molecule has 1 amide bonds.